The van der Waals surface area contributed by atoms with E-state index in [4.69, 9.17) is 9.84 Å². The van der Waals surface area contributed by atoms with Gasteiger partial charge in [-0.15, -0.1) is 0 Å². The third kappa shape index (κ3) is 4.18. The second kappa shape index (κ2) is 6.04. The summed E-state index contributed by atoms with van der Waals surface area (Å²) in [5.74, 6) is -0.960. The quantitative estimate of drug-likeness (QED) is 0.670. The summed E-state index contributed by atoms with van der Waals surface area (Å²) in [6.45, 7) is 8.72. The first-order chi connectivity index (χ1) is 8.04. The molecule has 2 amide bonds. The topological polar surface area (TPSA) is 87.7 Å². The highest BCUT2D eigenvalue weighted by molar-refractivity contribution is 5.79. The maximum Gasteiger partial charge on any atom is 0.315 e. The number of carboxylic acid groups (broad SMARTS) is 1. The van der Waals surface area contributed by atoms with E-state index in [1.165, 1.54) is 0 Å². The summed E-state index contributed by atoms with van der Waals surface area (Å²) in [7, 11) is 1.55. The summed E-state index contributed by atoms with van der Waals surface area (Å²) in [6.07, 6.45) is 0. The number of hydrogen-bond donors (Lipinski definition) is 3. The molecular formula is C12H24N2O4. The van der Waals surface area contributed by atoms with Crippen molar-refractivity contribution in [3.05, 3.63) is 0 Å². The third-order valence-corrected chi connectivity index (χ3v) is 3.32. The van der Waals surface area contributed by atoms with Crippen molar-refractivity contribution in [1.29, 1.82) is 0 Å². The van der Waals surface area contributed by atoms with Crippen LogP contribution in [0.25, 0.3) is 0 Å². The van der Waals surface area contributed by atoms with Crippen LogP contribution >= 0.6 is 0 Å². The Hall–Kier alpha value is -1.30. The van der Waals surface area contributed by atoms with Gasteiger partial charge in [0.2, 0.25) is 0 Å². The molecule has 0 saturated heterocycles. The lowest BCUT2D eigenvalue weighted by Gasteiger charge is -2.38. The molecule has 0 aromatic heterocycles. The Morgan fingerprint density at radius 1 is 1.28 bits per heavy atom. The van der Waals surface area contributed by atoms with Crippen LogP contribution in [-0.2, 0) is 9.53 Å². The Balaban J connectivity index is 4.59. The molecule has 0 spiro atoms. The molecule has 6 nitrogen and oxygen atoms in total. The largest absolute Gasteiger partial charge is 0.481 e. The van der Waals surface area contributed by atoms with E-state index in [1.807, 2.05) is 0 Å². The van der Waals surface area contributed by atoms with Gasteiger partial charge in [-0.25, -0.2) is 4.79 Å². The smallest absolute Gasteiger partial charge is 0.315 e. The molecule has 3 N–H and O–H groups in total. The monoisotopic (exact) mass is 260 g/mol. The van der Waals surface area contributed by atoms with Crippen LogP contribution in [0, 0.1) is 5.41 Å². The van der Waals surface area contributed by atoms with Crippen molar-refractivity contribution in [2.45, 2.75) is 46.2 Å². The van der Waals surface area contributed by atoms with E-state index in [0.29, 0.717) is 6.61 Å². The summed E-state index contributed by atoms with van der Waals surface area (Å²) in [4.78, 5) is 22.9. The van der Waals surface area contributed by atoms with Crippen LogP contribution in [0.4, 0.5) is 4.79 Å². The Morgan fingerprint density at radius 2 is 1.78 bits per heavy atom. The van der Waals surface area contributed by atoms with Crippen LogP contribution in [0.1, 0.15) is 34.6 Å². The second-order valence-electron chi connectivity index (χ2n) is 5.51. The lowest BCUT2D eigenvalue weighted by molar-refractivity contribution is -0.150. The number of carbonyl (C=O) groups excluding carboxylic acids is 1. The number of ether oxygens (including phenoxy) is 1. The minimum Gasteiger partial charge on any atom is -0.481 e. The van der Waals surface area contributed by atoms with Crippen molar-refractivity contribution in [2.75, 3.05) is 13.7 Å². The summed E-state index contributed by atoms with van der Waals surface area (Å²) >= 11 is 0. The molecule has 1 atom stereocenters. The van der Waals surface area contributed by atoms with Gasteiger partial charge in [0.1, 0.15) is 0 Å². The van der Waals surface area contributed by atoms with Crippen molar-refractivity contribution in [1.82, 2.24) is 10.6 Å². The number of methoxy groups -OCH3 is 1. The van der Waals surface area contributed by atoms with Crippen molar-refractivity contribution < 1.29 is 19.4 Å². The van der Waals surface area contributed by atoms with Gasteiger partial charge >= 0.3 is 12.0 Å². The molecule has 0 heterocycles. The van der Waals surface area contributed by atoms with E-state index >= 15 is 0 Å². The Morgan fingerprint density at radius 3 is 2.17 bits per heavy atom. The molecule has 0 radical (unpaired) electrons. The predicted molar refractivity (Wildman–Crippen MR) is 68.5 cm³/mol. The number of rotatable bonds is 6. The van der Waals surface area contributed by atoms with Crippen molar-refractivity contribution >= 4 is 12.0 Å². The van der Waals surface area contributed by atoms with E-state index in [2.05, 4.69) is 10.6 Å². The highest BCUT2D eigenvalue weighted by atomic mass is 16.5. The number of carbonyl (C=O) groups is 2. The minimum atomic E-state index is -1.07. The van der Waals surface area contributed by atoms with E-state index < -0.39 is 23.0 Å². The standard InChI is InChI=1S/C12H24N2O4/c1-8(7-18-6)13-10(17)14-12(4,5)11(2,3)9(15)16/h8H,7H2,1-6H3,(H,15,16)(H2,13,14,17). The van der Waals surface area contributed by atoms with Gasteiger partial charge in [0.05, 0.1) is 23.6 Å². The van der Waals surface area contributed by atoms with E-state index in [0.717, 1.165) is 0 Å². The van der Waals surface area contributed by atoms with Crippen molar-refractivity contribution in [2.24, 2.45) is 5.41 Å². The Kier molecular flexibility index (Phi) is 5.60. The van der Waals surface area contributed by atoms with Crippen LogP contribution in [-0.4, -0.2) is 42.4 Å². The zero-order valence-corrected chi connectivity index (χ0v) is 12.0. The molecule has 0 aromatic carbocycles. The lowest BCUT2D eigenvalue weighted by Crippen LogP contribution is -2.60. The molecule has 0 aliphatic heterocycles. The normalized spacial score (nSPS) is 13.9. The average Bonchev–Trinajstić information content (AvgIpc) is 2.15. The zero-order valence-electron chi connectivity index (χ0n) is 12.0. The van der Waals surface area contributed by atoms with Crippen LogP contribution in [0.3, 0.4) is 0 Å². The number of hydrogen-bond acceptors (Lipinski definition) is 3. The minimum absolute atomic E-state index is 0.140. The second-order valence-corrected chi connectivity index (χ2v) is 5.51. The highest BCUT2D eigenvalue weighted by Crippen LogP contribution is 2.30. The molecule has 0 aromatic rings. The number of aliphatic carboxylic acids is 1. The average molecular weight is 260 g/mol. The van der Waals surface area contributed by atoms with Gasteiger partial charge in [0.15, 0.2) is 0 Å². The summed E-state index contributed by atoms with van der Waals surface area (Å²) < 4.78 is 4.90. The molecule has 0 fully saturated rings. The Bertz CT molecular complexity index is 313. The van der Waals surface area contributed by atoms with E-state index in [-0.39, 0.29) is 6.04 Å². The van der Waals surface area contributed by atoms with Gasteiger partial charge in [-0.1, -0.05) is 0 Å². The summed E-state index contributed by atoms with van der Waals surface area (Å²) in [5, 5.41) is 14.5. The van der Waals surface area contributed by atoms with Crippen LogP contribution in [0.15, 0.2) is 0 Å². The highest BCUT2D eigenvalue weighted by Gasteiger charge is 2.44. The van der Waals surface area contributed by atoms with Crippen LogP contribution < -0.4 is 10.6 Å². The maximum absolute atomic E-state index is 11.7. The first kappa shape index (κ1) is 16.7. The van der Waals surface area contributed by atoms with Gasteiger partial charge in [-0.2, -0.15) is 0 Å². The summed E-state index contributed by atoms with van der Waals surface area (Å²) in [5.41, 5.74) is -1.95. The molecule has 0 bridgehead atoms. The first-order valence-corrected chi connectivity index (χ1v) is 5.85. The molecule has 0 aliphatic rings. The number of carboxylic acids is 1. The SMILES string of the molecule is COCC(C)NC(=O)NC(C)(C)C(C)(C)C(=O)O. The lowest BCUT2D eigenvalue weighted by atomic mass is 9.74. The fraction of sp³-hybridized carbons (Fsp3) is 0.833. The van der Waals surface area contributed by atoms with Gasteiger partial charge in [-0.3, -0.25) is 4.79 Å². The van der Waals surface area contributed by atoms with Crippen molar-refractivity contribution in [3.8, 4) is 0 Å². The summed E-state index contributed by atoms with van der Waals surface area (Å²) in [6, 6.07) is -0.544. The number of nitrogens with one attached hydrogen (secondary N) is 2. The third-order valence-electron chi connectivity index (χ3n) is 3.32. The van der Waals surface area contributed by atoms with Gasteiger partial charge in [0.25, 0.3) is 0 Å². The molecular weight excluding hydrogens is 236 g/mol. The Labute approximate surface area is 108 Å². The van der Waals surface area contributed by atoms with Crippen LogP contribution in [0.5, 0.6) is 0 Å². The molecule has 106 valence electrons. The fourth-order valence-electron chi connectivity index (χ4n) is 1.26. The number of urea groups is 1. The zero-order chi connectivity index (χ0) is 14.6. The fourth-order valence-corrected chi connectivity index (χ4v) is 1.26. The van der Waals surface area contributed by atoms with Gasteiger partial charge in [-0.05, 0) is 34.6 Å². The van der Waals surface area contributed by atoms with Crippen LogP contribution in [0.2, 0.25) is 0 Å². The molecule has 1 unspecified atom stereocenters. The molecule has 18 heavy (non-hydrogen) atoms. The predicted octanol–water partition coefficient (Wildman–Crippen LogP) is 1.21. The number of amides is 2. The molecule has 0 saturated carbocycles. The van der Waals surface area contributed by atoms with E-state index in [9.17, 15) is 9.59 Å². The van der Waals surface area contributed by atoms with Gasteiger partial charge < -0.3 is 20.5 Å². The van der Waals surface area contributed by atoms with Gasteiger partial charge in [0, 0.05) is 7.11 Å². The molecule has 6 heteroatoms. The first-order valence-electron chi connectivity index (χ1n) is 5.85. The van der Waals surface area contributed by atoms with E-state index in [1.54, 1.807) is 41.7 Å². The molecule has 0 aliphatic carbocycles. The molecule has 0 rings (SSSR count). The van der Waals surface area contributed by atoms with Crippen molar-refractivity contribution in [3.63, 3.8) is 0 Å². The maximum atomic E-state index is 11.7.